The summed E-state index contributed by atoms with van der Waals surface area (Å²) >= 11 is 0. The Morgan fingerprint density at radius 3 is 1.73 bits per heavy atom. The Hall–Kier alpha value is -3.93. The Balaban J connectivity index is 1.83. The highest BCUT2D eigenvalue weighted by Gasteiger charge is 2.27. The number of nitrogens with one attached hydrogen (secondary N) is 1. The predicted octanol–water partition coefficient (Wildman–Crippen LogP) is 2.73. The highest BCUT2D eigenvalue weighted by atomic mass is 16.4. The van der Waals surface area contributed by atoms with Gasteiger partial charge in [0.05, 0.1) is 11.5 Å². The Morgan fingerprint density at radius 1 is 0.800 bits per heavy atom. The zero-order valence-electron chi connectivity index (χ0n) is 16.2. The van der Waals surface area contributed by atoms with Crippen molar-refractivity contribution >= 4 is 17.8 Å². The lowest BCUT2D eigenvalue weighted by Gasteiger charge is -2.22. The zero-order valence-corrected chi connectivity index (χ0v) is 16.2. The Kier molecular flexibility index (Phi) is 6.60. The number of carbonyl (C=O) groups is 3. The fourth-order valence-corrected chi connectivity index (χ4v) is 3.28. The number of carboxylic acids is 1. The summed E-state index contributed by atoms with van der Waals surface area (Å²) in [5, 5.41) is 11.8. The van der Waals surface area contributed by atoms with Gasteiger partial charge in [-0.05, 0) is 28.8 Å². The monoisotopic (exact) mass is 402 g/mol. The molecule has 3 aromatic rings. The third-order valence-electron chi connectivity index (χ3n) is 4.83. The zero-order chi connectivity index (χ0) is 21.5. The van der Waals surface area contributed by atoms with Crippen molar-refractivity contribution in [3.05, 3.63) is 107 Å². The Morgan fingerprint density at radius 2 is 1.30 bits per heavy atom. The molecule has 0 unspecified atom stereocenters. The van der Waals surface area contributed by atoms with E-state index >= 15 is 0 Å². The molecule has 6 nitrogen and oxygen atoms in total. The van der Waals surface area contributed by atoms with Gasteiger partial charge in [0.1, 0.15) is 6.04 Å². The van der Waals surface area contributed by atoms with Crippen LogP contribution in [-0.2, 0) is 16.0 Å². The lowest BCUT2D eigenvalue weighted by molar-refractivity contribution is -0.127. The summed E-state index contributed by atoms with van der Waals surface area (Å²) in [6, 6.07) is 23.8. The molecule has 0 aliphatic carbocycles. The van der Waals surface area contributed by atoms with Crippen LogP contribution >= 0.6 is 0 Å². The van der Waals surface area contributed by atoms with E-state index < -0.39 is 23.8 Å². The van der Waals surface area contributed by atoms with Crippen LogP contribution in [0.4, 0.5) is 0 Å². The van der Waals surface area contributed by atoms with Crippen LogP contribution in [-0.4, -0.2) is 28.9 Å². The van der Waals surface area contributed by atoms with Crippen molar-refractivity contribution < 1.29 is 19.5 Å². The first-order valence-electron chi connectivity index (χ1n) is 9.47. The number of primary amides is 1. The number of rotatable bonds is 8. The summed E-state index contributed by atoms with van der Waals surface area (Å²) in [5.74, 6) is -2.62. The number of carbonyl (C=O) groups excluding carboxylic acids is 2. The highest BCUT2D eigenvalue weighted by molar-refractivity contribution is 5.92. The molecule has 0 aliphatic heterocycles. The number of nitrogens with two attached hydrogens (primary N) is 1. The summed E-state index contributed by atoms with van der Waals surface area (Å²) in [6.45, 7) is 0. The van der Waals surface area contributed by atoms with E-state index in [9.17, 15) is 14.4 Å². The van der Waals surface area contributed by atoms with E-state index in [1.54, 1.807) is 12.1 Å². The quantitative estimate of drug-likeness (QED) is 0.538. The summed E-state index contributed by atoms with van der Waals surface area (Å²) in [4.78, 5) is 36.2. The molecule has 1 atom stereocenters. The molecule has 0 aliphatic rings. The first kappa shape index (κ1) is 20.8. The maximum Gasteiger partial charge on any atom is 0.335 e. The van der Waals surface area contributed by atoms with Crippen molar-refractivity contribution in [1.82, 2.24) is 5.32 Å². The van der Waals surface area contributed by atoms with Gasteiger partial charge in [-0.2, -0.15) is 0 Å². The van der Waals surface area contributed by atoms with E-state index in [4.69, 9.17) is 10.8 Å². The van der Waals surface area contributed by atoms with Gasteiger partial charge < -0.3 is 16.2 Å². The minimum atomic E-state index is -1.03. The van der Waals surface area contributed by atoms with Crippen LogP contribution in [0, 0.1) is 0 Å². The first-order chi connectivity index (χ1) is 14.5. The SMILES string of the molecule is NC(=O)[C@@H](Cc1ccc(C(=O)O)cc1)NC(=O)C(c1ccccc1)c1ccccc1. The third kappa shape index (κ3) is 5.11. The summed E-state index contributed by atoms with van der Waals surface area (Å²) in [5.41, 5.74) is 7.98. The minimum absolute atomic E-state index is 0.145. The van der Waals surface area contributed by atoms with Crippen LogP contribution in [0.1, 0.15) is 33.0 Å². The average molecular weight is 402 g/mol. The normalized spacial score (nSPS) is 11.6. The highest BCUT2D eigenvalue weighted by Crippen LogP contribution is 2.25. The van der Waals surface area contributed by atoms with Crippen molar-refractivity contribution in [3.63, 3.8) is 0 Å². The molecule has 0 saturated heterocycles. The van der Waals surface area contributed by atoms with Gasteiger partial charge in [-0.3, -0.25) is 9.59 Å². The Labute approximate surface area is 174 Å². The molecule has 0 aromatic heterocycles. The largest absolute Gasteiger partial charge is 0.478 e. The van der Waals surface area contributed by atoms with Crippen LogP contribution < -0.4 is 11.1 Å². The maximum atomic E-state index is 13.2. The first-order valence-corrected chi connectivity index (χ1v) is 9.47. The molecule has 0 bridgehead atoms. The van der Waals surface area contributed by atoms with E-state index in [0.29, 0.717) is 5.56 Å². The van der Waals surface area contributed by atoms with Crippen molar-refractivity contribution in [2.75, 3.05) is 0 Å². The summed E-state index contributed by atoms with van der Waals surface area (Å²) in [6.07, 6.45) is 0.164. The molecule has 0 fully saturated rings. The molecule has 0 spiro atoms. The van der Waals surface area contributed by atoms with Crippen molar-refractivity contribution in [3.8, 4) is 0 Å². The maximum absolute atomic E-state index is 13.2. The Bertz CT molecular complexity index is 979. The van der Waals surface area contributed by atoms with Gasteiger partial charge >= 0.3 is 5.97 Å². The molecule has 0 radical (unpaired) electrons. The summed E-state index contributed by atoms with van der Waals surface area (Å²) in [7, 11) is 0. The van der Waals surface area contributed by atoms with Crippen LogP contribution in [0.25, 0.3) is 0 Å². The van der Waals surface area contributed by atoms with Crippen molar-refractivity contribution in [2.45, 2.75) is 18.4 Å². The molecule has 0 saturated carbocycles. The molecule has 152 valence electrons. The predicted molar refractivity (Wildman–Crippen MR) is 113 cm³/mol. The molecule has 6 heteroatoms. The summed E-state index contributed by atoms with van der Waals surface area (Å²) < 4.78 is 0. The fraction of sp³-hybridized carbons (Fsp3) is 0.125. The van der Waals surface area contributed by atoms with Gasteiger partial charge in [-0.1, -0.05) is 72.8 Å². The van der Waals surface area contributed by atoms with Crippen molar-refractivity contribution in [2.24, 2.45) is 5.73 Å². The molecular weight excluding hydrogens is 380 g/mol. The number of amides is 2. The molecule has 4 N–H and O–H groups in total. The van der Waals surface area contributed by atoms with Gasteiger partial charge in [0.2, 0.25) is 11.8 Å². The molecular formula is C24H22N2O4. The van der Waals surface area contributed by atoms with Gasteiger partial charge in [-0.25, -0.2) is 4.79 Å². The minimum Gasteiger partial charge on any atom is -0.478 e. The molecule has 3 aromatic carbocycles. The lowest BCUT2D eigenvalue weighted by atomic mass is 9.90. The second-order valence-electron chi connectivity index (χ2n) is 6.92. The topological polar surface area (TPSA) is 109 Å². The molecule has 0 heterocycles. The van der Waals surface area contributed by atoms with Gasteiger partial charge in [0, 0.05) is 6.42 Å². The standard InChI is InChI=1S/C24H22N2O4/c25-22(27)20(15-16-11-13-19(14-12-16)24(29)30)26-23(28)21(17-7-3-1-4-8-17)18-9-5-2-6-10-18/h1-14,20-21H,15H2,(H2,25,27)(H,26,28)(H,29,30)/t20-/m1/s1. The molecule has 2 amide bonds. The van der Waals surface area contributed by atoms with Crippen LogP contribution in [0.2, 0.25) is 0 Å². The number of carboxylic acid groups (broad SMARTS) is 1. The third-order valence-corrected chi connectivity index (χ3v) is 4.83. The van der Waals surface area contributed by atoms with E-state index in [1.807, 2.05) is 60.7 Å². The molecule has 3 rings (SSSR count). The second kappa shape index (κ2) is 9.52. The number of aromatic carboxylic acids is 1. The number of hydrogen-bond donors (Lipinski definition) is 3. The van der Waals surface area contributed by atoms with E-state index in [-0.39, 0.29) is 17.9 Å². The van der Waals surface area contributed by atoms with Crippen LogP contribution in [0.15, 0.2) is 84.9 Å². The smallest absolute Gasteiger partial charge is 0.335 e. The van der Waals surface area contributed by atoms with E-state index in [0.717, 1.165) is 11.1 Å². The van der Waals surface area contributed by atoms with Crippen LogP contribution in [0.3, 0.4) is 0 Å². The molecule has 30 heavy (non-hydrogen) atoms. The van der Waals surface area contributed by atoms with E-state index in [1.165, 1.54) is 12.1 Å². The number of benzene rings is 3. The van der Waals surface area contributed by atoms with E-state index in [2.05, 4.69) is 5.32 Å². The lowest BCUT2D eigenvalue weighted by Crippen LogP contribution is -2.47. The fourth-order valence-electron chi connectivity index (χ4n) is 3.28. The van der Waals surface area contributed by atoms with Crippen LogP contribution in [0.5, 0.6) is 0 Å². The van der Waals surface area contributed by atoms with Gasteiger partial charge in [0.15, 0.2) is 0 Å². The van der Waals surface area contributed by atoms with Gasteiger partial charge in [-0.15, -0.1) is 0 Å². The van der Waals surface area contributed by atoms with Crippen molar-refractivity contribution in [1.29, 1.82) is 0 Å². The average Bonchev–Trinajstić information content (AvgIpc) is 2.75. The van der Waals surface area contributed by atoms with Gasteiger partial charge in [0.25, 0.3) is 0 Å². The second-order valence-corrected chi connectivity index (χ2v) is 6.92. The number of hydrogen-bond acceptors (Lipinski definition) is 3.